The van der Waals surface area contributed by atoms with Gasteiger partial charge in [0.05, 0.1) is 29.3 Å². The maximum atomic E-state index is 12.3. The van der Waals surface area contributed by atoms with E-state index in [1.807, 2.05) is 61.3 Å². The van der Waals surface area contributed by atoms with Gasteiger partial charge in [-0.15, -0.1) is 11.3 Å². The van der Waals surface area contributed by atoms with Gasteiger partial charge in [0.2, 0.25) is 5.91 Å². The molecule has 0 saturated carbocycles. The molecule has 4 nitrogen and oxygen atoms in total. The van der Waals surface area contributed by atoms with Gasteiger partial charge in [-0.05, 0) is 37.7 Å². The van der Waals surface area contributed by atoms with Gasteiger partial charge in [-0.25, -0.2) is 4.98 Å². The van der Waals surface area contributed by atoms with Gasteiger partial charge in [0.15, 0.2) is 0 Å². The SMILES string of the molecule is C[C@@H](NC(=O)CN(C)Cc1nc2ccccc2s1)c1ccccc1Br. The third kappa shape index (κ3) is 4.66. The predicted octanol–water partition coefficient (Wildman–Crippen LogP) is 4.37. The monoisotopic (exact) mass is 417 g/mol. The van der Waals surface area contributed by atoms with Crippen LogP contribution in [0.4, 0.5) is 0 Å². The lowest BCUT2D eigenvalue weighted by Gasteiger charge is -2.19. The van der Waals surface area contributed by atoms with Crippen LogP contribution in [-0.4, -0.2) is 29.4 Å². The number of thiazole rings is 1. The molecule has 25 heavy (non-hydrogen) atoms. The zero-order valence-corrected chi connectivity index (χ0v) is 16.6. The Kier molecular flexibility index (Phi) is 5.83. The molecule has 1 N–H and O–H groups in total. The van der Waals surface area contributed by atoms with Gasteiger partial charge in [0.25, 0.3) is 0 Å². The fraction of sp³-hybridized carbons (Fsp3) is 0.263. The Labute approximate surface area is 160 Å². The molecular formula is C19H20BrN3OS. The number of rotatable bonds is 6. The zero-order valence-electron chi connectivity index (χ0n) is 14.2. The highest BCUT2D eigenvalue weighted by molar-refractivity contribution is 9.10. The summed E-state index contributed by atoms with van der Waals surface area (Å²) in [6.45, 7) is 2.99. The molecule has 0 radical (unpaired) electrons. The van der Waals surface area contributed by atoms with Crippen LogP contribution in [0, 0.1) is 0 Å². The van der Waals surface area contributed by atoms with Crippen LogP contribution in [0.2, 0.25) is 0 Å². The molecule has 0 fully saturated rings. The van der Waals surface area contributed by atoms with Crippen molar-refractivity contribution in [3.8, 4) is 0 Å². The number of likely N-dealkylation sites (N-methyl/N-ethyl adjacent to an activating group) is 1. The first-order chi connectivity index (χ1) is 12.0. The van der Waals surface area contributed by atoms with Crippen LogP contribution in [0.15, 0.2) is 53.0 Å². The number of aromatic nitrogens is 1. The average Bonchev–Trinajstić information content (AvgIpc) is 2.96. The van der Waals surface area contributed by atoms with Crippen molar-refractivity contribution in [1.29, 1.82) is 0 Å². The first-order valence-corrected chi connectivity index (χ1v) is 9.70. The lowest BCUT2D eigenvalue weighted by molar-refractivity contribution is -0.122. The summed E-state index contributed by atoms with van der Waals surface area (Å²) in [6, 6.07) is 16.0. The van der Waals surface area contributed by atoms with Gasteiger partial charge in [-0.1, -0.05) is 46.3 Å². The van der Waals surface area contributed by atoms with Crippen LogP contribution < -0.4 is 5.32 Å². The fourth-order valence-electron chi connectivity index (χ4n) is 2.71. The van der Waals surface area contributed by atoms with Gasteiger partial charge >= 0.3 is 0 Å². The first-order valence-electron chi connectivity index (χ1n) is 8.09. The van der Waals surface area contributed by atoms with E-state index in [2.05, 4.69) is 32.3 Å². The van der Waals surface area contributed by atoms with Crippen LogP contribution in [0.3, 0.4) is 0 Å². The van der Waals surface area contributed by atoms with Gasteiger partial charge in [0.1, 0.15) is 5.01 Å². The van der Waals surface area contributed by atoms with E-state index < -0.39 is 0 Å². The van der Waals surface area contributed by atoms with Crippen LogP contribution in [0.25, 0.3) is 10.2 Å². The Hall–Kier alpha value is -1.76. The molecule has 1 amide bonds. The van der Waals surface area contributed by atoms with E-state index in [4.69, 9.17) is 0 Å². The van der Waals surface area contributed by atoms with Crippen molar-refractivity contribution in [1.82, 2.24) is 15.2 Å². The maximum absolute atomic E-state index is 12.3. The van der Waals surface area contributed by atoms with Crippen LogP contribution in [0.1, 0.15) is 23.5 Å². The Morgan fingerprint density at radius 1 is 1.24 bits per heavy atom. The molecule has 2 aromatic carbocycles. The minimum atomic E-state index is -0.0427. The second-order valence-electron chi connectivity index (χ2n) is 6.06. The number of para-hydroxylation sites is 1. The number of carbonyl (C=O) groups is 1. The lowest BCUT2D eigenvalue weighted by Crippen LogP contribution is -2.36. The third-order valence-electron chi connectivity index (χ3n) is 3.91. The average molecular weight is 418 g/mol. The molecule has 1 aromatic heterocycles. The summed E-state index contributed by atoms with van der Waals surface area (Å²) in [6.07, 6.45) is 0. The van der Waals surface area contributed by atoms with Crippen LogP contribution in [-0.2, 0) is 11.3 Å². The van der Waals surface area contributed by atoms with Crippen LogP contribution in [0.5, 0.6) is 0 Å². The topological polar surface area (TPSA) is 45.2 Å². The van der Waals surface area contributed by atoms with E-state index in [0.29, 0.717) is 13.1 Å². The van der Waals surface area contributed by atoms with E-state index in [9.17, 15) is 4.79 Å². The summed E-state index contributed by atoms with van der Waals surface area (Å²) in [7, 11) is 1.94. The highest BCUT2D eigenvalue weighted by Gasteiger charge is 2.14. The van der Waals surface area contributed by atoms with Crippen molar-refractivity contribution in [3.05, 3.63) is 63.6 Å². The molecule has 1 heterocycles. The zero-order chi connectivity index (χ0) is 17.8. The molecule has 0 aliphatic carbocycles. The Bertz CT molecular complexity index is 847. The summed E-state index contributed by atoms with van der Waals surface area (Å²) in [5.41, 5.74) is 2.09. The summed E-state index contributed by atoms with van der Waals surface area (Å²) in [5, 5.41) is 4.08. The van der Waals surface area contributed by atoms with Crippen molar-refractivity contribution in [2.45, 2.75) is 19.5 Å². The smallest absolute Gasteiger partial charge is 0.234 e. The predicted molar refractivity (Wildman–Crippen MR) is 107 cm³/mol. The number of benzene rings is 2. The third-order valence-corrected chi connectivity index (χ3v) is 5.65. The fourth-order valence-corrected chi connectivity index (χ4v) is 4.39. The van der Waals surface area contributed by atoms with E-state index >= 15 is 0 Å². The Morgan fingerprint density at radius 2 is 1.96 bits per heavy atom. The van der Waals surface area contributed by atoms with Gasteiger partial charge in [-0.2, -0.15) is 0 Å². The number of carbonyl (C=O) groups excluding carboxylic acids is 1. The second-order valence-corrected chi connectivity index (χ2v) is 8.03. The van der Waals surface area contributed by atoms with Gasteiger partial charge in [-0.3, -0.25) is 9.69 Å². The number of amides is 1. The molecule has 130 valence electrons. The van der Waals surface area contributed by atoms with E-state index in [-0.39, 0.29) is 11.9 Å². The second kappa shape index (κ2) is 8.08. The highest BCUT2D eigenvalue weighted by Crippen LogP contribution is 2.23. The number of nitrogens with one attached hydrogen (secondary N) is 1. The van der Waals surface area contributed by atoms with Crippen molar-refractivity contribution >= 4 is 43.4 Å². The Morgan fingerprint density at radius 3 is 2.72 bits per heavy atom. The van der Waals surface area contributed by atoms with E-state index in [1.165, 1.54) is 4.70 Å². The summed E-state index contributed by atoms with van der Waals surface area (Å²) in [5.74, 6) is 0.00636. The highest BCUT2D eigenvalue weighted by atomic mass is 79.9. The number of hydrogen-bond donors (Lipinski definition) is 1. The number of hydrogen-bond acceptors (Lipinski definition) is 4. The standard InChI is InChI=1S/C19H20BrN3OS/c1-13(14-7-3-4-8-15(14)20)21-18(24)11-23(2)12-19-22-16-9-5-6-10-17(16)25-19/h3-10,13H,11-12H2,1-2H3,(H,21,24)/t13-/m1/s1. The lowest BCUT2D eigenvalue weighted by atomic mass is 10.1. The first kappa shape index (κ1) is 18.0. The molecule has 0 aliphatic rings. The van der Waals surface area contributed by atoms with Gasteiger partial charge < -0.3 is 5.32 Å². The molecule has 3 rings (SSSR count). The molecule has 6 heteroatoms. The van der Waals surface area contributed by atoms with E-state index in [1.54, 1.807) is 11.3 Å². The molecule has 3 aromatic rings. The number of nitrogens with zero attached hydrogens (tertiary/aromatic N) is 2. The maximum Gasteiger partial charge on any atom is 0.234 e. The summed E-state index contributed by atoms with van der Waals surface area (Å²) < 4.78 is 2.18. The Balaban J connectivity index is 1.56. The molecule has 0 unspecified atom stereocenters. The van der Waals surface area contributed by atoms with Crippen molar-refractivity contribution in [2.75, 3.05) is 13.6 Å². The molecule has 0 spiro atoms. The van der Waals surface area contributed by atoms with Crippen molar-refractivity contribution in [3.63, 3.8) is 0 Å². The largest absolute Gasteiger partial charge is 0.348 e. The van der Waals surface area contributed by atoms with Gasteiger partial charge in [0, 0.05) is 4.47 Å². The minimum Gasteiger partial charge on any atom is -0.348 e. The number of halogens is 1. The molecule has 0 aliphatic heterocycles. The molecule has 0 saturated heterocycles. The van der Waals surface area contributed by atoms with Crippen LogP contribution >= 0.6 is 27.3 Å². The summed E-state index contributed by atoms with van der Waals surface area (Å²) in [4.78, 5) is 18.9. The molecule has 1 atom stereocenters. The quantitative estimate of drug-likeness (QED) is 0.647. The van der Waals surface area contributed by atoms with Crippen molar-refractivity contribution in [2.24, 2.45) is 0 Å². The minimum absolute atomic E-state index is 0.00636. The molecular weight excluding hydrogens is 398 g/mol. The molecule has 0 bridgehead atoms. The van der Waals surface area contributed by atoms with E-state index in [0.717, 1.165) is 20.6 Å². The summed E-state index contributed by atoms with van der Waals surface area (Å²) >= 11 is 5.20. The van der Waals surface area contributed by atoms with Crippen molar-refractivity contribution < 1.29 is 4.79 Å². The normalized spacial score (nSPS) is 12.5. The number of fused-ring (bicyclic) bond motifs is 1.